The zero-order valence-corrected chi connectivity index (χ0v) is 11.0. The van der Waals surface area contributed by atoms with Crippen LogP contribution in [0.4, 0.5) is 5.69 Å². The molecule has 1 aromatic rings. The Bertz CT molecular complexity index is 342. The van der Waals surface area contributed by atoms with Gasteiger partial charge in [-0.1, -0.05) is 37.0 Å². The highest BCUT2D eigenvalue weighted by Crippen LogP contribution is 2.25. The summed E-state index contributed by atoms with van der Waals surface area (Å²) < 4.78 is 0. The molecule has 0 spiro atoms. The molecule has 1 aromatic carbocycles. The molecule has 0 heterocycles. The fourth-order valence-corrected chi connectivity index (χ4v) is 1.66. The molecule has 1 atom stereocenters. The van der Waals surface area contributed by atoms with E-state index in [-0.39, 0.29) is 12.5 Å². The SMILES string of the molecule is CC(C)C(CO)CNc1ccc(Cl)c(Cl)c1. The highest BCUT2D eigenvalue weighted by atomic mass is 35.5. The van der Waals surface area contributed by atoms with Gasteiger partial charge < -0.3 is 10.4 Å². The van der Waals surface area contributed by atoms with Gasteiger partial charge in [0.05, 0.1) is 10.0 Å². The number of aliphatic hydroxyl groups excluding tert-OH is 1. The van der Waals surface area contributed by atoms with Crippen molar-refractivity contribution in [3.63, 3.8) is 0 Å². The normalized spacial score (nSPS) is 12.9. The van der Waals surface area contributed by atoms with Gasteiger partial charge in [0, 0.05) is 24.8 Å². The first-order valence-corrected chi connectivity index (χ1v) is 6.10. The van der Waals surface area contributed by atoms with E-state index in [2.05, 4.69) is 19.2 Å². The maximum absolute atomic E-state index is 9.19. The van der Waals surface area contributed by atoms with Crippen LogP contribution in [0.3, 0.4) is 0 Å². The van der Waals surface area contributed by atoms with E-state index in [9.17, 15) is 5.11 Å². The molecule has 0 aromatic heterocycles. The summed E-state index contributed by atoms with van der Waals surface area (Å²) >= 11 is 11.7. The van der Waals surface area contributed by atoms with Crippen LogP contribution in [0.1, 0.15) is 13.8 Å². The Morgan fingerprint density at radius 1 is 1.25 bits per heavy atom. The molecule has 0 fully saturated rings. The lowest BCUT2D eigenvalue weighted by atomic mass is 9.97. The molecule has 2 nitrogen and oxygen atoms in total. The van der Waals surface area contributed by atoms with Gasteiger partial charge in [0.2, 0.25) is 0 Å². The number of benzene rings is 1. The molecule has 0 radical (unpaired) electrons. The first-order chi connectivity index (χ1) is 7.54. The van der Waals surface area contributed by atoms with Gasteiger partial charge >= 0.3 is 0 Å². The van der Waals surface area contributed by atoms with Crippen molar-refractivity contribution in [1.82, 2.24) is 0 Å². The van der Waals surface area contributed by atoms with Crippen LogP contribution < -0.4 is 5.32 Å². The number of aliphatic hydroxyl groups is 1. The molecule has 0 aliphatic heterocycles. The zero-order valence-electron chi connectivity index (χ0n) is 9.50. The third kappa shape index (κ3) is 3.85. The standard InChI is InChI=1S/C12H17Cl2NO/c1-8(2)9(7-16)6-15-10-3-4-11(13)12(14)5-10/h3-5,8-9,15-16H,6-7H2,1-2H3. The Hall–Kier alpha value is -0.440. The number of halogens is 2. The average molecular weight is 262 g/mol. The third-order valence-corrected chi connectivity index (χ3v) is 3.40. The molecule has 2 N–H and O–H groups in total. The van der Waals surface area contributed by atoms with Gasteiger partial charge in [-0.15, -0.1) is 0 Å². The van der Waals surface area contributed by atoms with E-state index in [1.165, 1.54) is 0 Å². The molecule has 16 heavy (non-hydrogen) atoms. The van der Waals surface area contributed by atoms with Crippen molar-refractivity contribution in [3.05, 3.63) is 28.2 Å². The van der Waals surface area contributed by atoms with Gasteiger partial charge in [0.25, 0.3) is 0 Å². The number of anilines is 1. The fourth-order valence-electron chi connectivity index (χ4n) is 1.37. The summed E-state index contributed by atoms with van der Waals surface area (Å²) in [4.78, 5) is 0. The van der Waals surface area contributed by atoms with E-state index < -0.39 is 0 Å². The van der Waals surface area contributed by atoms with Crippen molar-refractivity contribution in [2.75, 3.05) is 18.5 Å². The van der Waals surface area contributed by atoms with Crippen LogP contribution in [-0.2, 0) is 0 Å². The molecular formula is C12H17Cl2NO. The summed E-state index contributed by atoms with van der Waals surface area (Å²) in [6.07, 6.45) is 0. The molecule has 0 amide bonds. The van der Waals surface area contributed by atoms with Crippen LogP contribution in [0.5, 0.6) is 0 Å². The van der Waals surface area contributed by atoms with Crippen molar-refractivity contribution in [2.45, 2.75) is 13.8 Å². The van der Waals surface area contributed by atoms with E-state index in [1.807, 2.05) is 6.07 Å². The molecule has 0 saturated heterocycles. The zero-order chi connectivity index (χ0) is 12.1. The molecule has 0 bridgehead atoms. The number of hydrogen-bond donors (Lipinski definition) is 2. The monoisotopic (exact) mass is 261 g/mol. The summed E-state index contributed by atoms with van der Waals surface area (Å²) in [7, 11) is 0. The summed E-state index contributed by atoms with van der Waals surface area (Å²) in [5.74, 6) is 0.690. The lowest BCUT2D eigenvalue weighted by Crippen LogP contribution is -2.22. The largest absolute Gasteiger partial charge is 0.396 e. The minimum atomic E-state index is 0.186. The van der Waals surface area contributed by atoms with Crippen molar-refractivity contribution in [3.8, 4) is 0 Å². The molecule has 0 aliphatic carbocycles. The highest BCUT2D eigenvalue weighted by Gasteiger charge is 2.11. The van der Waals surface area contributed by atoms with Gasteiger partial charge in [0.15, 0.2) is 0 Å². The molecule has 1 rings (SSSR count). The number of nitrogens with one attached hydrogen (secondary N) is 1. The second kappa shape index (κ2) is 6.33. The lowest BCUT2D eigenvalue weighted by Gasteiger charge is -2.19. The van der Waals surface area contributed by atoms with E-state index in [4.69, 9.17) is 23.2 Å². The van der Waals surface area contributed by atoms with Crippen molar-refractivity contribution in [2.24, 2.45) is 11.8 Å². The Labute approximate surface area is 107 Å². The van der Waals surface area contributed by atoms with Gasteiger partial charge in [-0.2, -0.15) is 0 Å². The van der Waals surface area contributed by atoms with Crippen LogP contribution in [0.15, 0.2) is 18.2 Å². The topological polar surface area (TPSA) is 32.3 Å². The number of hydrogen-bond acceptors (Lipinski definition) is 2. The summed E-state index contributed by atoms with van der Waals surface area (Å²) in [5.41, 5.74) is 0.925. The van der Waals surface area contributed by atoms with Crippen molar-refractivity contribution >= 4 is 28.9 Å². The smallest absolute Gasteiger partial charge is 0.0612 e. The van der Waals surface area contributed by atoms with E-state index in [1.54, 1.807) is 12.1 Å². The predicted octanol–water partition coefficient (Wildman–Crippen LogP) is 3.67. The fraction of sp³-hybridized carbons (Fsp3) is 0.500. The quantitative estimate of drug-likeness (QED) is 0.848. The number of rotatable bonds is 5. The summed E-state index contributed by atoms with van der Waals surface area (Å²) in [6.45, 7) is 5.10. The van der Waals surface area contributed by atoms with Crippen LogP contribution in [0.25, 0.3) is 0 Å². The van der Waals surface area contributed by atoms with Gasteiger partial charge in [-0.05, 0) is 24.1 Å². The predicted molar refractivity (Wildman–Crippen MR) is 70.4 cm³/mol. The Morgan fingerprint density at radius 3 is 2.44 bits per heavy atom. The van der Waals surface area contributed by atoms with Crippen LogP contribution in [-0.4, -0.2) is 18.3 Å². The third-order valence-electron chi connectivity index (χ3n) is 2.67. The van der Waals surface area contributed by atoms with Gasteiger partial charge in [0.1, 0.15) is 0 Å². The molecule has 0 saturated carbocycles. The minimum absolute atomic E-state index is 0.186. The minimum Gasteiger partial charge on any atom is -0.396 e. The molecule has 1 unspecified atom stereocenters. The van der Waals surface area contributed by atoms with Gasteiger partial charge in [-0.25, -0.2) is 0 Å². The van der Waals surface area contributed by atoms with Crippen molar-refractivity contribution in [1.29, 1.82) is 0 Å². The van der Waals surface area contributed by atoms with Gasteiger partial charge in [-0.3, -0.25) is 0 Å². The van der Waals surface area contributed by atoms with E-state index in [0.717, 1.165) is 12.2 Å². The average Bonchev–Trinajstić information content (AvgIpc) is 2.23. The van der Waals surface area contributed by atoms with Crippen LogP contribution in [0.2, 0.25) is 10.0 Å². The first-order valence-electron chi connectivity index (χ1n) is 5.34. The molecule has 0 aliphatic rings. The summed E-state index contributed by atoms with van der Waals surface area (Å²) in [6, 6.07) is 5.43. The highest BCUT2D eigenvalue weighted by molar-refractivity contribution is 6.42. The maximum atomic E-state index is 9.19. The van der Waals surface area contributed by atoms with E-state index >= 15 is 0 Å². The van der Waals surface area contributed by atoms with Crippen LogP contribution >= 0.6 is 23.2 Å². The van der Waals surface area contributed by atoms with E-state index in [0.29, 0.717) is 16.0 Å². The Balaban J connectivity index is 2.57. The first kappa shape index (κ1) is 13.6. The Kier molecular flexibility index (Phi) is 5.39. The molecular weight excluding hydrogens is 245 g/mol. The lowest BCUT2D eigenvalue weighted by molar-refractivity contribution is 0.198. The molecule has 4 heteroatoms. The maximum Gasteiger partial charge on any atom is 0.0612 e. The van der Waals surface area contributed by atoms with Crippen molar-refractivity contribution < 1.29 is 5.11 Å². The second-order valence-corrected chi connectivity index (χ2v) is 5.01. The van der Waals surface area contributed by atoms with Crippen LogP contribution in [0, 0.1) is 11.8 Å². The Morgan fingerprint density at radius 2 is 1.94 bits per heavy atom. The molecule has 90 valence electrons. The second-order valence-electron chi connectivity index (χ2n) is 4.20. The summed E-state index contributed by atoms with van der Waals surface area (Å²) in [5, 5.41) is 13.5.